The molecule has 1 atom stereocenters. The van der Waals surface area contributed by atoms with E-state index < -0.39 is 23.5 Å². The van der Waals surface area contributed by atoms with Gasteiger partial charge in [0.1, 0.15) is 23.3 Å². The van der Waals surface area contributed by atoms with Gasteiger partial charge in [-0.1, -0.05) is 20.8 Å². The molecule has 0 unspecified atom stereocenters. The third-order valence-electron chi connectivity index (χ3n) is 6.12. The summed E-state index contributed by atoms with van der Waals surface area (Å²) in [5.74, 6) is -1.77. The summed E-state index contributed by atoms with van der Waals surface area (Å²) >= 11 is 0. The number of halogens is 3. The zero-order valence-electron chi connectivity index (χ0n) is 19.8. The van der Waals surface area contributed by atoms with Crippen LogP contribution in [0.15, 0.2) is 36.7 Å². The molecule has 178 valence electrons. The first kappa shape index (κ1) is 23.7. The molecule has 8 heteroatoms. The Hall–Kier alpha value is -3.42. The standard InChI is InChI=1S/C26H27F3N4O/c1-6-33-13-19-15(25(33)34)7-8-30-24(19)32-14(2)16-9-21(28)17(10-20(16)27)18-11-23(26(3,4)5)31-12-22(18)29/h7-12,14H,6,13H2,1-5H3,(H,30,32)/t14-/m0/s1. The normalized spacial score (nSPS) is 14.4. The fraction of sp³-hybridized carbons (Fsp3) is 0.346. The summed E-state index contributed by atoms with van der Waals surface area (Å²) in [6.45, 7) is 10.3. The van der Waals surface area contributed by atoms with E-state index in [1.165, 1.54) is 12.3 Å². The molecule has 1 N–H and O–H groups in total. The number of hydrogen-bond donors (Lipinski definition) is 1. The topological polar surface area (TPSA) is 58.1 Å². The van der Waals surface area contributed by atoms with Crippen molar-refractivity contribution in [2.24, 2.45) is 0 Å². The van der Waals surface area contributed by atoms with E-state index in [0.29, 0.717) is 30.2 Å². The van der Waals surface area contributed by atoms with Crippen molar-refractivity contribution in [1.82, 2.24) is 14.9 Å². The molecule has 3 heterocycles. The Bertz CT molecular complexity index is 1270. The molecule has 34 heavy (non-hydrogen) atoms. The monoisotopic (exact) mass is 468 g/mol. The minimum Gasteiger partial charge on any atom is -0.363 e. The summed E-state index contributed by atoms with van der Waals surface area (Å²) in [7, 11) is 0. The van der Waals surface area contributed by atoms with E-state index in [-0.39, 0.29) is 28.0 Å². The molecule has 0 saturated heterocycles. The number of benzene rings is 1. The van der Waals surface area contributed by atoms with Crippen LogP contribution in [0.2, 0.25) is 0 Å². The average molecular weight is 469 g/mol. The number of fused-ring (bicyclic) bond motifs is 1. The molecule has 1 amide bonds. The van der Waals surface area contributed by atoms with Crippen molar-refractivity contribution in [2.75, 3.05) is 11.9 Å². The summed E-state index contributed by atoms with van der Waals surface area (Å²) in [5, 5.41) is 3.11. The van der Waals surface area contributed by atoms with Gasteiger partial charge in [-0.2, -0.15) is 0 Å². The Morgan fingerprint density at radius 1 is 1.03 bits per heavy atom. The van der Waals surface area contributed by atoms with Gasteiger partial charge in [0.15, 0.2) is 0 Å². The first-order chi connectivity index (χ1) is 16.0. The van der Waals surface area contributed by atoms with Crippen LogP contribution in [0.25, 0.3) is 11.1 Å². The lowest BCUT2D eigenvalue weighted by molar-refractivity contribution is 0.0787. The Labute approximate surface area is 197 Å². The predicted molar refractivity (Wildman–Crippen MR) is 125 cm³/mol. The molecule has 3 aromatic rings. The molecule has 1 aliphatic rings. The highest BCUT2D eigenvalue weighted by Crippen LogP contribution is 2.34. The Morgan fingerprint density at radius 2 is 1.74 bits per heavy atom. The van der Waals surface area contributed by atoms with Gasteiger partial charge < -0.3 is 10.2 Å². The van der Waals surface area contributed by atoms with Crippen LogP contribution in [0, 0.1) is 17.5 Å². The lowest BCUT2D eigenvalue weighted by Gasteiger charge is -2.20. The average Bonchev–Trinajstić information content (AvgIpc) is 3.11. The second-order valence-corrected chi connectivity index (χ2v) is 9.52. The lowest BCUT2D eigenvalue weighted by atomic mass is 9.89. The summed E-state index contributed by atoms with van der Waals surface area (Å²) in [4.78, 5) is 22.5. The molecule has 5 nitrogen and oxygen atoms in total. The van der Waals surface area contributed by atoms with Gasteiger partial charge >= 0.3 is 0 Å². The smallest absolute Gasteiger partial charge is 0.254 e. The van der Waals surface area contributed by atoms with Crippen molar-refractivity contribution >= 4 is 11.7 Å². The molecule has 0 aliphatic carbocycles. The fourth-order valence-electron chi connectivity index (χ4n) is 4.10. The fourth-order valence-corrected chi connectivity index (χ4v) is 4.10. The van der Waals surface area contributed by atoms with Gasteiger partial charge in [0.05, 0.1) is 18.8 Å². The highest BCUT2D eigenvalue weighted by atomic mass is 19.1. The van der Waals surface area contributed by atoms with Crippen molar-refractivity contribution in [3.8, 4) is 11.1 Å². The van der Waals surface area contributed by atoms with Crippen molar-refractivity contribution in [3.63, 3.8) is 0 Å². The zero-order chi connectivity index (χ0) is 24.8. The quantitative estimate of drug-likeness (QED) is 0.498. The van der Waals surface area contributed by atoms with E-state index in [9.17, 15) is 9.18 Å². The second-order valence-electron chi connectivity index (χ2n) is 9.52. The number of aromatic nitrogens is 2. The Kier molecular flexibility index (Phi) is 6.10. The van der Waals surface area contributed by atoms with Crippen LogP contribution in [0.4, 0.5) is 19.0 Å². The van der Waals surface area contributed by atoms with Gasteiger partial charge in [-0.3, -0.25) is 9.78 Å². The Balaban J connectivity index is 1.67. The van der Waals surface area contributed by atoms with Gasteiger partial charge in [0, 0.05) is 51.7 Å². The molecule has 0 radical (unpaired) electrons. The highest BCUT2D eigenvalue weighted by Gasteiger charge is 2.30. The number of rotatable bonds is 5. The zero-order valence-corrected chi connectivity index (χ0v) is 19.8. The third kappa shape index (κ3) is 4.24. The van der Waals surface area contributed by atoms with Crippen molar-refractivity contribution in [1.29, 1.82) is 0 Å². The maximum atomic E-state index is 15.2. The highest BCUT2D eigenvalue weighted by molar-refractivity contribution is 5.99. The third-order valence-corrected chi connectivity index (χ3v) is 6.12. The Morgan fingerprint density at radius 3 is 2.41 bits per heavy atom. The number of carbonyl (C=O) groups excluding carboxylic acids is 1. The summed E-state index contributed by atoms with van der Waals surface area (Å²) in [6.07, 6.45) is 2.55. The molecule has 1 aromatic carbocycles. The van der Waals surface area contributed by atoms with E-state index in [2.05, 4.69) is 15.3 Å². The van der Waals surface area contributed by atoms with E-state index in [1.54, 1.807) is 17.9 Å². The predicted octanol–water partition coefficient (Wildman–Crippen LogP) is 6.01. The lowest BCUT2D eigenvalue weighted by Crippen LogP contribution is -2.22. The molecule has 0 saturated carbocycles. The molecule has 0 spiro atoms. The summed E-state index contributed by atoms with van der Waals surface area (Å²) < 4.78 is 44.8. The van der Waals surface area contributed by atoms with Crippen LogP contribution < -0.4 is 5.32 Å². The van der Waals surface area contributed by atoms with Crippen LogP contribution >= 0.6 is 0 Å². The van der Waals surface area contributed by atoms with Crippen LogP contribution in [0.5, 0.6) is 0 Å². The molecular formula is C26H27F3N4O. The van der Waals surface area contributed by atoms with Gasteiger partial charge in [0.2, 0.25) is 0 Å². The van der Waals surface area contributed by atoms with E-state index in [1.807, 2.05) is 27.7 Å². The molecule has 0 bridgehead atoms. The maximum Gasteiger partial charge on any atom is 0.254 e. The van der Waals surface area contributed by atoms with Crippen molar-refractivity contribution in [2.45, 2.75) is 52.6 Å². The van der Waals surface area contributed by atoms with Crippen LogP contribution in [-0.4, -0.2) is 27.3 Å². The molecule has 1 aliphatic heterocycles. The second kappa shape index (κ2) is 8.74. The SMILES string of the molecule is CCN1Cc2c(ccnc2N[C@@H](C)c2cc(F)c(-c3cc(C(C)(C)C)ncc3F)cc2F)C1=O. The van der Waals surface area contributed by atoms with E-state index >= 15 is 8.78 Å². The van der Waals surface area contributed by atoms with Crippen LogP contribution in [-0.2, 0) is 12.0 Å². The molecular weight excluding hydrogens is 441 g/mol. The van der Waals surface area contributed by atoms with Crippen LogP contribution in [0.1, 0.15) is 67.8 Å². The van der Waals surface area contributed by atoms with Gasteiger partial charge in [0.25, 0.3) is 5.91 Å². The number of nitrogens with one attached hydrogen (secondary N) is 1. The van der Waals surface area contributed by atoms with E-state index in [0.717, 1.165) is 23.9 Å². The first-order valence-corrected chi connectivity index (χ1v) is 11.2. The van der Waals surface area contributed by atoms with Crippen molar-refractivity contribution in [3.05, 3.63) is 76.5 Å². The van der Waals surface area contributed by atoms with E-state index in [4.69, 9.17) is 0 Å². The van der Waals surface area contributed by atoms with Gasteiger partial charge in [-0.15, -0.1) is 0 Å². The summed E-state index contributed by atoms with van der Waals surface area (Å²) in [6, 6.07) is 4.56. The summed E-state index contributed by atoms with van der Waals surface area (Å²) in [5.41, 5.74) is 1.34. The molecule has 0 fully saturated rings. The number of anilines is 1. The van der Waals surface area contributed by atoms with Gasteiger partial charge in [-0.25, -0.2) is 18.2 Å². The largest absolute Gasteiger partial charge is 0.363 e. The number of amides is 1. The minimum absolute atomic E-state index is 0.0378. The number of hydrogen-bond acceptors (Lipinski definition) is 4. The maximum absolute atomic E-state index is 15.2. The number of carbonyl (C=O) groups is 1. The minimum atomic E-state index is -0.742. The van der Waals surface area contributed by atoms with Gasteiger partial charge in [-0.05, 0) is 38.1 Å². The molecule has 4 rings (SSSR count). The first-order valence-electron chi connectivity index (χ1n) is 11.2. The van der Waals surface area contributed by atoms with Crippen molar-refractivity contribution < 1.29 is 18.0 Å². The number of nitrogens with zero attached hydrogens (tertiary/aromatic N) is 3. The molecule has 2 aromatic heterocycles. The number of pyridine rings is 2. The van der Waals surface area contributed by atoms with Crippen LogP contribution in [0.3, 0.4) is 0 Å².